The van der Waals surface area contributed by atoms with Crippen molar-refractivity contribution in [3.8, 4) is 0 Å². The van der Waals surface area contributed by atoms with E-state index in [2.05, 4.69) is 20.5 Å². The van der Waals surface area contributed by atoms with Gasteiger partial charge in [-0.15, -0.1) is 0 Å². The summed E-state index contributed by atoms with van der Waals surface area (Å²) in [6.45, 7) is 2.07. The van der Waals surface area contributed by atoms with Crippen LogP contribution in [0.1, 0.15) is 23.2 Å². The van der Waals surface area contributed by atoms with Gasteiger partial charge in [0.25, 0.3) is 11.6 Å². The number of rotatable bonds is 7. The van der Waals surface area contributed by atoms with Crippen LogP contribution < -0.4 is 15.5 Å². The topological polar surface area (TPSA) is 127 Å². The summed E-state index contributed by atoms with van der Waals surface area (Å²) in [6.07, 6.45) is 4.76. The summed E-state index contributed by atoms with van der Waals surface area (Å²) in [5.74, 6) is -0.264. The van der Waals surface area contributed by atoms with E-state index in [1.807, 2.05) is 12.1 Å². The molecule has 0 aliphatic carbocycles. The molecule has 4 rings (SSSR count). The van der Waals surface area contributed by atoms with Crippen LogP contribution in [0, 0.1) is 16.0 Å². The van der Waals surface area contributed by atoms with Crippen LogP contribution in [0.4, 0.5) is 27.5 Å². The largest absolute Gasteiger partial charge is 0.449 e. The predicted octanol–water partition coefficient (Wildman–Crippen LogP) is 4.71. The summed E-state index contributed by atoms with van der Waals surface area (Å²) < 4.78 is 5.45. The van der Waals surface area contributed by atoms with E-state index in [0.29, 0.717) is 18.0 Å². The third-order valence-corrected chi connectivity index (χ3v) is 5.82. The zero-order valence-corrected chi connectivity index (χ0v) is 18.9. The zero-order valence-electron chi connectivity index (χ0n) is 18.9. The van der Waals surface area contributed by atoms with Gasteiger partial charge in [0.2, 0.25) is 0 Å². The van der Waals surface area contributed by atoms with Gasteiger partial charge in [-0.05, 0) is 49.1 Å². The Morgan fingerprint density at radius 3 is 2.37 bits per heavy atom. The number of nitro groups is 1. The second kappa shape index (κ2) is 11.1. The number of anilines is 3. The van der Waals surface area contributed by atoms with Gasteiger partial charge in [0.05, 0.1) is 22.9 Å². The fourth-order valence-electron chi connectivity index (χ4n) is 3.91. The number of hydrogen-bond donors (Lipinski definition) is 2. The summed E-state index contributed by atoms with van der Waals surface area (Å²) in [5.41, 5.74) is 1.81. The van der Waals surface area contributed by atoms with Crippen LogP contribution in [0.15, 0.2) is 73.1 Å². The first-order chi connectivity index (χ1) is 17.0. The lowest BCUT2D eigenvalue weighted by molar-refractivity contribution is -0.384. The highest BCUT2D eigenvalue weighted by Crippen LogP contribution is 2.25. The van der Waals surface area contributed by atoms with E-state index in [-0.39, 0.29) is 17.2 Å². The lowest BCUT2D eigenvalue weighted by Gasteiger charge is -2.33. The Labute approximate surface area is 202 Å². The van der Waals surface area contributed by atoms with Gasteiger partial charge in [0, 0.05) is 48.9 Å². The van der Waals surface area contributed by atoms with Gasteiger partial charge < -0.3 is 15.0 Å². The molecule has 10 heteroatoms. The summed E-state index contributed by atoms with van der Waals surface area (Å²) in [7, 11) is 0. The number of nitrogens with one attached hydrogen (secondary N) is 2. The van der Waals surface area contributed by atoms with Crippen LogP contribution in [0.5, 0.6) is 0 Å². The second-order valence-corrected chi connectivity index (χ2v) is 8.17. The SMILES string of the molecule is O=C(Nc1ccccc1NC(=O)c1cccc([N+](=O)[O-])c1)OCC1CCN(c2ccncc2)CC1. The van der Waals surface area contributed by atoms with Gasteiger partial charge in [-0.1, -0.05) is 18.2 Å². The number of carbonyl (C=O) groups excluding carboxylic acids is 2. The lowest BCUT2D eigenvalue weighted by atomic mass is 9.97. The molecule has 0 saturated carbocycles. The smallest absolute Gasteiger partial charge is 0.411 e. The maximum absolute atomic E-state index is 12.6. The Morgan fingerprint density at radius 2 is 1.69 bits per heavy atom. The molecule has 1 aliphatic rings. The molecule has 10 nitrogen and oxygen atoms in total. The number of aromatic nitrogens is 1. The first-order valence-corrected chi connectivity index (χ1v) is 11.2. The number of benzene rings is 2. The first kappa shape index (κ1) is 23.7. The van der Waals surface area contributed by atoms with E-state index in [1.54, 1.807) is 36.7 Å². The number of non-ortho nitro benzene ring substituents is 1. The third kappa shape index (κ3) is 6.32. The molecule has 0 spiro atoms. The van der Waals surface area contributed by atoms with Gasteiger partial charge in [0.15, 0.2) is 0 Å². The molecule has 2 N–H and O–H groups in total. The predicted molar refractivity (Wildman–Crippen MR) is 132 cm³/mol. The van der Waals surface area contributed by atoms with Crippen molar-refractivity contribution in [2.24, 2.45) is 5.92 Å². The van der Waals surface area contributed by atoms with Gasteiger partial charge in [-0.2, -0.15) is 0 Å². The zero-order chi connectivity index (χ0) is 24.6. The second-order valence-electron chi connectivity index (χ2n) is 8.17. The van der Waals surface area contributed by atoms with Crippen molar-refractivity contribution in [2.45, 2.75) is 12.8 Å². The van der Waals surface area contributed by atoms with E-state index in [1.165, 1.54) is 24.3 Å². The highest BCUT2D eigenvalue weighted by Gasteiger charge is 2.21. The summed E-state index contributed by atoms with van der Waals surface area (Å²) in [5, 5.41) is 16.3. The minimum absolute atomic E-state index is 0.134. The molecule has 0 bridgehead atoms. The number of ether oxygens (including phenoxy) is 1. The molecule has 0 radical (unpaired) electrons. The van der Waals surface area contributed by atoms with Gasteiger partial charge >= 0.3 is 6.09 Å². The number of para-hydroxylation sites is 2. The number of pyridine rings is 1. The minimum Gasteiger partial charge on any atom is -0.449 e. The average molecular weight is 476 g/mol. The summed E-state index contributed by atoms with van der Waals surface area (Å²) >= 11 is 0. The highest BCUT2D eigenvalue weighted by atomic mass is 16.6. The molecule has 35 heavy (non-hydrogen) atoms. The fourth-order valence-corrected chi connectivity index (χ4v) is 3.91. The molecule has 3 aromatic rings. The van der Waals surface area contributed by atoms with Crippen molar-refractivity contribution in [3.05, 3.63) is 88.7 Å². The molecule has 1 fully saturated rings. The molecular weight excluding hydrogens is 450 g/mol. The molecule has 180 valence electrons. The van der Waals surface area contributed by atoms with E-state index in [9.17, 15) is 19.7 Å². The van der Waals surface area contributed by atoms with Crippen LogP contribution >= 0.6 is 0 Å². The van der Waals surface area contributed by atoms with E-state index in [0.717, 1.165) is 31.6 Å². The number of piperidine rings is 1. The van der Waals surface area contributed by atoms with Crippen LogP contribution in [0.2, 0.25) is 0 Å². The van der Waals surface area contributed by atoms with Crippen LogP contribution in [-0.2, 0) is 4.74 Å². The van der Waals surface area contributed by atoms with Crippen LogP contribution in [0.25, 0.3) is 0 Å². The minimum atomic E-state index is -0.612. The van der Waals surface area contributed by atoms with E-state index in [4.69, 9.17) is 4.74 Å². The molecule has 0 unspecified atom stereocenters. The van der Waals surface area contributed by atoms with Crippen LogP contribution in [0.3, 0.4) is 0 Å². The van der Waals surface area contributed by atoms with E-state index < -0.39 is 16.9 Å². The Kier molecular flexibility index (Phi) is 7.51. The quantitative estimate of drug-likeness (QED) is 0.374. The number of hydrogen-bond acceptors (Lipinski definition) is 7. The van der Waals surface area contributed by atoms with Crippen molar-refractivity contribution in [2.75, 3.05) is 35.2 Å². The number of carbonyl (C=O) groups is 2. The van der Waals surface area contributed by atoms with Gasteiger partial charge in [-0.3, -0.25) is 25.2 Å². The van der Waals surface area contributed by atoms with E-state index >= 15 is 0 Å². The Balaban J connectivity index is 1.29. The summed E-state index contributed by atoms with van der Waals surface area (Å²) in [4.78, 5) is 41.8. The molecule has 2 amide bonds. The van der Waals surface area contributed by atoms with Crippen molar-refractivity contribution in [3.63, 3.8) is 0 Å². The molecule has 1 saturated heterocycles. The van der Waals surface area contributed by atoms with Crippen LogP contribution in [-0.4, -0.2) is 41.6 Å². The molecule has 1 aliphatic heterocycles. The fraction of sp³-hybridized carbons (Fsp3) is 0.240. The maximum atomic E-state index is 12.6. The Morgan fingerprint density at radius 1 is 1.00 bits per heavy atom. The standard InChI is InChI=1S/C25H25N5O5/c31-24(19-4-3-5-21(16-19)30(33)34)27-22-6-1-2-7-23(22)28-25(32)35-17-18-10-14-29(15-11-18)20-8-12-26-13-9-20/h1-9,12-13,16,18H,10-11,14-15,17H2,(H,27,31)(H,28,32). The van der Waals surface area contributed by atoms with Gasteiger partial charge in [0.1, 0.15) is 0 Å². The number of amides is 2. The number of nitro benzene ring substituents is 1. The Bertz CT molecular complexity index is 1200. The summed E-state index contributed by atoms with van der Waals surface area (Å²) in [6, 6.07) is 16.1. The highest BCUT2D eigenvalue weighted by molar-refractivity contribution is 6.07. The molecule has 2 heterocycles. The first-order valence-electron chi connectivity index (χ1n) is 11.2. The monoisotopic (exact) mass is 475 g/mol. The van der Waals surface area contributed by atoms with Crippen molar-refractivity contribution in [1.82, 2.24) is 4.98 Å². The molecular formula is C25H25N5O5. The molecule has 1 aromatic heterocycles. The third-order valence-electron chi connectivity index (χ3n) is 5.82. The maximum Gasteiger partial charge on any atom is 0.411 e. The molecule has 2 aromatic carbocycles. The lowest BCUT2D eigenvalue weighted by Crippen LogP contribution is -2.35. The van der Waals surface area contributed by atoms with Crippen molar-refractivity contribution < 1.29 is 19.2 Å². The van der Waals surface area contributed by atoms with Gasteiger partial charge in [-0.25, -0.2) is 4.79 Å². The number of nitrogens with zero attached hydrogens (tertiary/aromatic N) is 3. The Hall–Kier alpha value is -4.47. The average Bonchev–Trinajstić information content (AvgIpc) is 2.89. The van der Waals surface area contributed by atoms with Crippen molar-refractivity contribution in [1.29, 1.82) is 0 Å². The van der Waals surface area contributed by atoms with Crippen molar-refractivity contribution >= 4 is 34.7 Å². The molecule has 0 atom stereocenters. The normalized spacial score (nSPS) is 13.7.